The number of benzene rings is 2. The maximum absolute atomic E-state index is 12.1. The molecular formula is C19H16N2O5. The first-order chi connectivity index (χ1) is 12.6. The molecule has 132 valence electrons. The zero-order chi connectivity index (χ0) is 18.5. The first kappa shape index (κ1) is 17.1. The van der Waals surface area contributed by atoms with E-state index >= 15 is 0 Å². The third-order valence-electron chi connectivity index (χ3n) is 3.74. The minimum Gasteiger partial charge on any atom is -0.507 e. The number of amides is 1. The number of nitrogens with zero attached hydrogens (tertiary/aromatic N) is 1. The Morgan fingerprint density at radius 3 is 2.69 bits per heavy atom. The van der Waals surface area contributed by atoms with Crippen molar-refractivity contribution >= 4 is 12.1 Å². The van der Waals surface area contributed by atoms with Crippen molar-refractivity contribution in [1.82, 2.24) is 5.43 Å². The largest absolute Gasteiger partial charge is 0.507 e. The lowest BCUT2D eigenvalue weighted by molar-refractivity contribution is 0.0952. The van der Waals surface area contributed by atoms with Crippen LogP contribution in [0.2, 0.25) is 0 Å². The Hall–Kier alpha value is -3.74. The number of furan rings is 1. The van der Waals surface area contributed by atoms with Crippen LogP contribution in [0.3, 0.4) is 0 Å². The van der Waals surface area contributed by atoms with Crippen LogP contribution in [-0.2, 0) is 0 Å². The van der Waals surface area contributed by atoms with E-state index in [1.54, 1.807) is 30.3 Å². The monoisotopic (exact) mass is 352 g/mol. The van der Waals surface area contributed by atoms with Gasteiger partial charge in [0.15, 0.2) is 11.5 Å². The Balaban J connectivity index is 1.90. The van der Waals surface area contributed by atoms with E-state index in [2.05, 4.69) is 10.5 Å². The molecule has 0 atom stereocenters. The molecule has 0 bridgehead atoms. The third kappa shape index (κ3) is 3.36. The quantitative estimate of drug-likeness (QED) is 0.483. The summed E-state index contributed by atoms with van der Waals surface area (Å²) in [4.78, 5) is 12.1. The number of methoxy groups -OCH3 is 1. The zero-order valence-corrected chi connectivity index (χ0v) is 13.8. The van der Waals surface area contributed by atoms with Gasteiger partial charge in [0.25, 0.3) is 5.91 Å². The van der Waals surface area contributed by atoms with Crippen LogP contribution in [0.5, 0.6) is 17.2 Å². The molecule has 26 heavy (non-hydrogen) atoms. The van der Waals surface area contributed by atoms with Crippen molar-refractivity contribution in [3.05, 3.63) is 66.1 Å². The van der Waals surface area contributed by atoms with Gasteiger partial charge in [0, 0.05) is 11.1 Å². The normalized spacial score (nSPS) is 10.8. The highest BCUT2D eigenvalue weighted by Crippen LogP contribution is 2.36. The predicted molar refractivity (Wildman–Crippen MR) is 95.5 cm³/mol. The van der Waals surface area contributed by atoms with Crippen LogP contribution in [0, 0.1) is 0 Å². The summed E-state index contributed by atoms with van der Waals surface area (Å²) in [7, 11) is 1.44. The summed E-state index contributed by atoms with van der Waals surface area (Å²) in [5.41, 5.74) is 4.15. The number of aromatic hydroxyl groups is 2. The lowest BCUT2D eigenvalue weighted by atomic mass is 10.0. The van der Waals surface area contributed by atoms with E-state index in [9.17, 15) is 15.0 Å². The van der Waals surface area contributed by atoms with Gasteiger partial charge in [-0.15, -0.1) is 0 Å². The summed E-state index contributed by atoms with van der Waals surface area (Å²) in [6.45, 7) is 0. The molecule has 0 aliphatic carbocycles. The molecule has 0 unspecified atom stereocenters. The van der Waals surface area contributed by atoms with Crippen molar-refractivity contribution in [2.24, 2.45) is 5.10 Å². The third-order valence-corrected chi connectivity index (χ3v) is 3.74. The lowest BCUT2D eigenvalue weighted by Gasteiger charge is -2.10. The molecule has 7 nitrogen and oxygen atoms in total. The number of carbonyl (C=O) groups excluding carboxylic acids is 1. The zero-order valence-electron chi connectivity index (χ0n) is 13.8. The molecule has 0 spiro atoms. The summed E-state index contributed by atoms with van der Waals surface area (Å²) in [5.74, 6) is -0.576. The average Bonchev–Trinajstić information content (AvgIpc) is 3.17. The summed E-state index contributed by atoms with van der Waals surface area (Å²) in [5, 5.41) is 24.0. The highest BCUT2D eigenvalue weighted by atomic mass is 16.5. The maximum atomic E-state index is 12.1. The summed E-state index contributed by atoms with van der Waals surface area (Å²) in [6.07, 6.45) is 4.34. The number of rotatable bonds is 5. The van der Waals surface area contributed by atoms with Crippen LogP contribution in [-0.4, -0.2) is 29.4 Å². The minimum absolute atomic E-state index is 0.0922. The van der Waals surface area contributed by atoms with Gasteiger partial charge >= 0.3 is 0 Å². The van der Waals surface area contributed by atoms with Crippen molar-refractivity contribution in [3.63, 3.8) is 0 Å². The fourth-order valence-electron chi connectivity index (χ4n) is 2.43. The first-order valence-electron chi connectivity index (χ1n) is 7.65. The minimum atomic E-state index is -0.577. The van der Waals surface area contributed by atoms with Crippen LogP contribution in [0.15, 0.2) is 64.5 Å². The fourth-order valence-corrected chi connectivity index (χ4v) is 2.43. The Labute approximate surface area is 149 Å². The Morgan fingerprint density at radius 1 is 1.19 bits per heavy atom. The van der Waals surface area contributed by atoms with E-state index in [-0.39, 0.29) is 22.8 Å². The van der Waals surface area contributed by atoms with Gasteiger partial charge in [0.1, 0.15) is 5.75 Å². The highest BCUT2D eigenvalue weighted by Gasteiger charge is 2.14. The maximum Gasteiger partial charge on any atom is 0.275 e. The number of nitrogens with one attached hydrogen (secondary N) is 1. The van der Waals surface area contributed by atoms with Crippen LogP contribution >= 0.6 is 0 Å². The number of phenols is 2. The van der Waals surface area contributed by atoms with Crippen molar-refractivity contribution in [2.75, 3.05) is 7.11 Å². The Morgan fingerprint density at radius 2 is 2.00 bits per heavy atom. The molecule has 2 aromatic carbocycles. The van der Waals surface area contributed by atoms with Crippen molar-refractivity contribution in [1.29, 1.82) is 0 Å². The highest BCUT2D eigenvalue weighted by molar-refractivity contribution is 5.99. The fraction of sp³-hybridized carbons (Fsp3) is 0.0526. The molecule has 1 aromatic heterocycles. The van der Waals surface area contributed by atoms with E-state index in [1.165, 1.54) is 38.0 Å². The summed E-state index contributed by atoms with van der Waals surface area (Å²) in [6, 6.07) is 11.2. The Kier molecular flexibility index (Phi) is 4.89. The summed E-state index contributed by atoms with van der Waals surface area (Å²) >= 11 is 0. The van der Waals surface area contributed by atoms with E-state index in [0.29, 0.717) is 11.1 Å². The molecule has 0 saturated carbocycles. The van der Waals surface area contributed by atoms with Crippen molar-refractivity contribution < 1.29 is 24.2 Å². The predicted octanol–water partition coefficient (Wildman–Crippen LogP) is 3.13. The van der Waals surface area contributed by atoms with Crippen molar-refractivity contribution in [3.8, 4) is 28.4 Å². The number of hydrazone groups is 1. The van der Waals surface area contributed by atoms with Gasteiger partial charge in [-0.3, -0.25) is 4.79 Å². The molecule has 7 heteroatoms. The van der Waals surface area contributed by atoms with Gasteiger partial charge in [-0.25, -0.2) is 5.43 Å². The second-order valence-electron chi connectivity index (χ2n) is 5.31. The van der Waals surface area contributed by atoms with Crippen molar-refractivity contribution in [2.45, 2.75) is 0 Å². The van der Waals surface area contributed by atoms with Gasteiger partial charge in [0.05, 0.1) is 31.4 Å². The number of hydrogen-bond donors (Lipinski definition) is 3. The summed E-state index contributed by atoms with van der Waals surface area (Å²) < 4.78 is 10.2. The number of ether oxygens (including phenoxy) is 1. The van der Waals surface area contributed by atoms with Crippen LogP contribution in [0.25, 0.3) is 11.1 Å². The molecule has 3 N–H and O–H groups in total. The van der Waals surface area contributed by atoms with Gasteiger partial charge in [-0.2, -0.15) is 5.10 Å². The molecule has 0 fully saturated rings. The number of carbonyl (C=O) groups is 1. The van der Waals surface area contributed by atoms with E-state index in [0.717, 1.165) is 5.56 Å². The number of para-hydroxylation sites is 1. The SMILES string of the molecule is COc1ccc(-c2ccoc2)c(C=NNC(=O)c2ccccc2O)c1O. The molecule has 0 saturated heterocycles. The molecule has 0 aliphatic heterocycles. The molecular weight excluding hydrogens is 336 g/mol. The Bertz CT molecular complexity index is 949. The first-order valence-corrected chi connectivity index (χ1v) is 7.65. The molecule has 0 radical (unpaired) electrons. The second-order valence-corrected chi connectivity index (χ2v) is 5.31. The van der Waals surface area contributed by atoms with Gasteiger partial charge in [-0.05, 0) is 35.9 Å². The second kappa shape index (κ2) is 7.43. The standard InChI is InChI=1S/C19H16N2O5/c1-25-17-7-6-13(12-8-9-26-11-12)15(18(17)23)10-20-21-19(24)14-4-2-3-5-16(14)22/h2-11,22-23H,1H3,(H,21,24). The smallest absolute Gasteiger partial charge is 0.275 e. The van der Waals surface area contributed by atoms with E-state index in [1.807, 2.05) is 0 Å². The molecule has 3 aromatic rings. The van der Waals surface area contributed by atoms with Gasteiger partial charge in [-0.1, -0.05) is 12.1 Å². The topological polar surface area (TPSA) is 104 Å². The van der Waals surface area contributed by atoms with Gasteiger partial charge < -0.3 is 19.4 Å². The molecule has 0 aliphatic rings. The van der Waals surface area contributed by atoms with E-state index in [4.69, 9.17) is 9.15 Å². The number of hydrogen-bond acceptors (Lipinski definition) is 6. The molecule has 1 heterocycles. The van der Waals surface area contributed by atoms with Crippen LogP contribution in [0.4, 0.5) is 0 Å². The average molecular weight is 352 g/mol. The molecule has 1 amide bonds. The van der Waals surface area contributed by atoms with Crippen LogP contribution in [0.1, 0.15) is 15.9 Å². The van der Waals surface area contributed by atoms with Crippen LogP contribution < -0.4 is 10.2 Å². The number of phenolic OH excluding ortho intramolecular Hbond substituents is 2. The molecule has 3 rings (SSSR count). The van der Waals surface area contributed by atoms with E-state index < -0.39 is 5.91 Å². The lowest BCUT2D eigenvalue weighted by Crippen LogP contribution is -2.17. The van der Waals surface area contributed by atoms with Gasteiger partial charge in [0.2, 0.25) is 0 Å².